The van der Waals surface area contributed by atoms with E-state index in [1.54, 1.807) is 18.6 Å². The summed E-state index contributed by atoms with van der Waals surface area (Å²) in [6.45, 7) is 1.75. The van der Waals surface area contributed by atoms with E-state index in [0.29, 0.717) is 10.7 Å². The summed E-state index contributed by atoms with van der Waals surface area (Å²) in [5.74, 6) is -6.44. The number of pyridine rings is 1. The third-order valence-corrected chi connectivity index (χ3v) is 6.58. The van der Waals surface area contributed by atoms with Crippen molar-refractivity contribution in [2.24, 2.45) is 0 Å². The van der Waals surface area contributed by atoms with Gasteiger partial charge in [-0.1, -0.05) is 0 Å². The van der Waals surface area contributed by atoms with Gasteiger partial charge < -0.3 is 5.73 Å². The van der Waals surface area contributed by atoms with E-state index in [-0.39, 0.29) is 22.7 Å². The number of aromatic nitrogens is 5. The van der Waals surface area contributed by atoms with Crippen LogP contribution in [0.3, 0.4) is 0 Å². The smallest absolute Gasteiger partial charge is 0.368 e. The molecule has 0 radical (unpaired) electrons. The lowest BCUT2D eigenvalue weighted by Gasteiger charge is -2.17. The Bertz CT molecular complexity index is 1750. The van der Waals surface area contributed by atoms with Gasteiger partial charge >= 0.3 is 6.18 Å². The summed E-state index contributed by atoms with van der Waals surface area (Å²) < 4.78 is 111. The third kappa shape index (κ3) is 5.81. The van der Waals surface area contributed by atoms with Crippen LogP contribution in [0.4, 0.5) is 38.0 Å². The van der Waals surface area contributed by atoms with Gasteiger partial charge in [0.15, 0.2) is 17.5 Å². The van der Waals surface area contributed by atoms with Crippen LogP contribution in [0.5, 0.6) is 0 Å². The summed E-state index contributed by atoms with van der Waals surface area (Å²) in [4.78, 5) is 21.0. The van der Waals surface area contributed by atoms with Gasteiger partial charge in [-0.3, -0.25) is 18.8 Å². The van der Waals surface area contributed by atoms with Gasteiger partial charge in [0.2, 0.25) is 16.0 Å². The monoisotopic (exact) mass is 575 g/mol. The highest BCUT2D eigenvalue weighted by atomic mass is 32.2. The van der Waals surface area contributed by atoms with Crippen molar-refractivity contribution < 1.29 is 34.8 Å². The fourth-order valence-corrected chi connectivity index (χ4v) is 4.94. The van der Waals surface area contributed by atoms with Gasteiger partial charge in [-0.15, -0.1) is 0 Å². The van der Waals surface area contributed by atoms with E-state index in [2.05, 4.69) is 15.1 Å². The fraction of sp³-hybridized carbons (Fsp3) is 0.273. The molecule has 4 aromatic rings. The molecule has 0 spiro atoms. The van der Waals surface area contributed by atoms with Crippen molar-refractivity contribution in [3.05, 3.63) is 64.1 Å². The molecule has 3 N–H and O–H groups in total. The second-order valence-electron chi connectivity index (χ2n) is 8.72. The molecule has 0 bridgehead atoms. The molecule has 1 aromatic carbocycles. The molecule has 208 valence electrons. The minimum Gasteiger partial charge on any atom is -0.368 e. The summed E-state index contributed by atoms with van der Waals surface area (Å²) in [6.07, 6.45) is -2.50. The van der Waals surface area contributed by atoms with E-state index in [0.717, 1.165) is 22.9 Å². The molecule has 0 saturated heterocycles. The van der Waals surface area contributed by atoms with Crippen LogP contribution in [0.15, 0.2) is 35.4 Å². The van der Waals surface area contributed by atoms with E-state index in [9.17, 15) is 35.2 Å². The van der Waals surface area contributed by atoms with Gasteiger partial charge in [0, 0.05) is 29.4 Å². The van der Waals surface area contributed by atoms with Gasteiger partial charge in [0.1, 0.15) is 23.6 Å². The highest BCUT2D eigenvalue weighted by Gasteiger charge is 2.29. The molecule has 10 nitrogen and oxygen atoms in total. The van der Waals surface area contributed by atoms with Crippen LogP contribution in [0.1, 0.15) is 25.6 Å². The Labute approximate surface area is 216 Å². The van der Waals surface area contributed by atoms with Crippen LogP contribution in [-0.2, 0) is 22.3 Å². The number of nitrogen functional groups attached to an aromatic ring is 1. The average Bonchev–Trinajstić information content (AvgIpc) is 3.22. The van der Waals surface area contributed by atoms with Crippen LogP contribution in [0.2, 0.25) is 0 Å². The molecular formula is C22H19F6N7O3S. The van der Waals surface area contributed by atoms with Crippen LogP contribution in [0, 0.1) is 17.5 Å². The van der Waals surface area contributed by atoms with Crippen molar-refractivity contribution in [1.82, 2.24) is 24.3 Å². The highest BCUT2D eigenvalue weighted by Crippen LogP contribution is 2.32. The van der Waals surface area contributed by atoms with Crippen molar-refractivity contribution >= 4 is 32.7 Å². The Hall–Kier alpha value is -4.15. The Morgan fingerprint density at radius 2 is 1.79 bits per heavy atom. The van der Waals surface area contributed by atoms with Crippen molar-refractivity contribution in [1.29, 1.82) is 0 Å². The number of nitrogens with two attached hydrogens (primary N) is 1. The first-order valence-corrected chi connectivity index (χ1v) is 12.7. The number of anilines is 2. The van der Waals surface area contributed by atoms with Gasteiger partial charge in [-0.25, -0.2) is 26.6 Å². The molecule has 0 fully saturated rings. The molecule has 0 aliphatic carbocycles. The van der Waals surface area contributed by atoms with Crippen LogP contribution in [0.25, 0.3) is 22.2 Å². The first-order chi connectivity index (χ1) is 18.1. The van der Waals surface area contributed by atoms with E-state index >= 15 is 4.39 Å². The normalized spacial score (nSPS) is 12.4. The number of hydrogen-bond donors (Lipinski definition) is 2. The largest absolute Gasteiger partial charge is 0.408 e. The number of benzene rings is 1. The Balaban J connectivity index is 1.72. The minimum absolute atomic E-state index is 0.106. The van der Waals surface area contributed by atoms with Crippen molar-refractivity contribution in [3.8, 4) is 11.1 Å². The van der Waals surface area contributed by atoms with Gasteiger partial charge in [-0.05, 0) is 32.0 Å². The number of alkyl halides is 3. The molecule has 0 atom stereocenters. The summed E-state index contributed by atoms with van der Waals surface area (Å²) in [6, 6.07) is 2.00. The highest BCUT2D eigenvalue weighted by molar-refractivity contribution is 7.91. The molecule has 0 aliphatic heterocycles. The third-order valence-electron chi connectivity index (χ3n) is 5.39. The van der Waals surface area contributed by atoms with E-state index in [1.165, 1.54) is 6.20 Å². The lowest BCUT2D eigenvalue weighted by atomic mass is 10.0. The van der Waals surface area contributed by atoms with Crippen molar-refractivity contribution in [2.75, 3.05) is 10.5 Å². The fourth-order valence-electron chi connectivity index (χ4n) is 3.83. The summed E-state index contributed by atoms with van der Waals surface area (Å²) in [5, 5.41) is 3.67. The molecule has 0 saturated carbocycles. The zero-order valence-electron chi connectivity index (χ0n) is 20.1. The number of nitrogens with one attached hydrogen (secondary N) is 1. The molecule has 0 unspecified atom stereocenters. The van der Waals surface area contributed by atoms with E-state index < -0.39 is 74.4 Å². The summed E-state index contributed by atoms with van der Waals surface area (Å²) in [7, 11) is -4.66. The SMILES string of the molecule is CC(C)n1c(=O)c(-c2cc(F)c(NS(=O)(=O)Cc3ccn(CC(F)(F)F)n3)c(F)c2F)cc2cnc(N)nc21. The first-order valence-electron chi connectivity index (χ1n) is 11.0. The number of hydrogen-bond acceptors (Lipinski definition) is 7. The predicted molar refractivity (Wildman–Crippen MR) is 128 cm³/mol. The zero-order valence-corrected chi connectivity index (χ0v) is 20.9. The summed E-state index contributed by atoms with van der Waals surface area (Å²) in [5.41, 5.74) is 1.86. The predicted octanol–water partition coefficient (Wildman–Crippen LogP) is 3.74. The number of fused-ring (bicyclic) bond motifs is 1. The zero-order chi connectivity index (χ0) is 28.9. The Morgan fingerprint density at radius 1 is 1.10 bits per heavy atom. The minimum atomic E-state index is -4.66. The quantitative estimate of drug-likeness (QED) is 0.253. The molecule has 4 rings (SSSR count). The van der Waals surface area contributed by atoms with Crippen molar-refractivity contribution in [3.63, 3.8) is 0 Å². The molecule has 0 aliphatic rings. The van der Waals surface area contributed by atoms with Gasteiger partial charge in [0.05, 0.1) is 11.3 Å². The molecule has 17 heteroatoms. The van der Waals surface area contributed by atoms with Gasteiger partial charge in [0.25, 0.3) is 5.56 Å². The number of rotatable bonds is 7. The topological polar surface area (TPSA) is 138 Å². The maximum atomic E-state index is 15.2. The first kappa shape index (κ1) is 27.9. The van der Waals surface area contributed by atoms with E-state index in [4.69, 9.17) is 5.73 Å². The summed E-state index contributed by atoms with van der Waals surface area (Å²) >= 11 is 0. The lowest BCUT2D eigenvalue weighted by Crippen LogP contribution is -2.25. The van der Waals surface area contributed by atoms with Crippen LogP contribution < -0.4 is 16.0 Å². The average molecular weight is 575 g/mol. The second-order valence-corrected chi connectivity index (χ2v) is 10.4. The number of nitrogens with zero attached hydrogens (tertiary/aromatic N) is 5. The molecule has 3 heterocycles. The molecule has 39 heavy (non-hydrogen) atoms. The second kappa shape index (κ2) is 9.87. The lowest BCUT2D eigenvalue weighted by molar-refractivity contribution is -0.142. The molecule has 3 aromatic heterocycles. The van der Waals surface area contributed by atoms with Crippen LogP contribution >= 0.6 is 0 Å². The maximum absolute atomic E-state index is 15.2. The molecule has 0 amide bonds. The van der Waals surface area contributed by atoms with Crippen LogP contribution in [-0.4, -0.2) is 38.9 Å². The Kier molecular flexibility index (Phi) is 7.05. The van der Waals surface area contributed by atoms with E-state index in [1.807, 2.05) is 0 Å². The molecular weight excluding hydrogens is 556 g/mol. The maximum Gasteiger partial charge on any atom is 0.408 e. The number of halogens is 6. The number of sulfonamides is 1. The van der Waals surface area contributed by atoms with Gasteiger partial charge in [-0.2, -0.15) is 23.3 Å². The standard InChI is InChI=1S/C22H19F6N7O3S/c1-10(2)35-19-11(7-30-21(29)31-19)5-14(20(35)36)13-6-15(23)18(17(25)16(13)24)33-39(37,38)8-12-3-4-34(32-12)9-22(26,27)28/h3-7,10,33H,8-9H2,1-2H3,(H2,29,30,31). The van der Waals surface area contributed by atoms with Crippen molar-refractivity contribution in [2.45, 2.75) is 38.4 Å². The Morgan fingerprint density at radius 3 is 2.44 bits per heavy atom.